The summed E-state index contributed by atoms with van der Waals surface area (Å²) in [5, 5.41) is 0. The summed E-state index contributed by atoms with van der Waals surface area (Å²) in [5.74, 6) is 1.08. The predicted molar refractivity (Wildman–Crippen MR) is 92.1 cm³/mol. The van der Waals surface area contributed by atoms with Crippen molar-refractivity contribution in [2.24, 2.45) is 0 Å². The summed E-state index contributed by atoms with van der Waals surface area (Å²) in [6.45, 7) is 2.06. The highest BCUT2D eigenvalue weighted by molar-refractivity contribution is 5.90. The van der Waals surface area contributed by atoms with Gasteiger partial charge in [0, 0.05) is 23.3 Å². The van der Waals surface area contributed by atoms with E-state index in [0.717, 1.165) is 11.1 Å². The van der Waals surface area contributed by atoms with Gasteiger partial charge in [-0.3, -0.25) is 4.79 Å². The average molecular weight is 332 g/mol. The quantitative estimate of drug-likeness (QED) is 0.543. The molecule has 124 valence electrons. The Morgan fingerprint density at radius 1 is 0.920 bits per heavy atom. The molecular formula is C21H18NO3+. The molecule has 0 N–H and O–H groups in total. The molecule has 0 aliphatic carbocycles. The monoisotopic (exact) mass is 332 g/mol. The van der Waals surface area contributed by atoms with Crippen LogP contribution in [0.2, 0.25) is 0 Å². The molecule has 1 aromatic heterocycles. The molecule has 25 heavy (non-hydrogen) atoms. The Bertz CT molecular complexity index is 876. The van der Waals surface area contributed by atoms with E-state index in [1.165, 1.54) is 0 Å². The van der Waals surface area contributed by atoms with Gasteiger partial charge in [0.15, 0.2) is 12.4 Å². The molecule has 0 spiro atoms. The fourth-order valence-corrected chi connectivity index (χ4v) is 3.22. The zero-order valence-corrected chi connectivity index (χ0v) is 13.9. The number of rotatable bonds is 3. The van der Waals surface area contributed by atoms with E-state index < -0.39 is 5.41 Å². The number of hydrogen-bond acceptors (Lipinski definition) is 3. The van der Waals surface area contributed by atoms with Crippen LogP contribution in [0.4, 0.5) is 0 Å². The maximum Gasteiger partial charge on any atom is 0.325 e. The zero-order chi connectivity index (χ0) is 17.3. The van der Waals surface area contributed by atoms with Crippen molar-refractivity contribution >= 4 is 5.97 Å². The van der Waals surface area contributed by atoms with Crippen LogP contribution in [0.3, 0.4) is 0 Å². The van der Waals surface area contributed by atoms with Crippen LogP contribution in [0.1, 0.15) is 18.1 Å². The molecule has 2 heterocycles. The Balaban J connectivity index is 1.73. The van der Waals surface area contributed by atoms with E-state index in [0.29, 0.717) is 11.5 Å². The molecule has 4 nitrogen and oxygen atoms in total. The molecule has 0 unspecified atom stereocenters. The Hall–Kier alpha value is -3.14. The van der Waals surface area contributed by atoms with Crippen molar-refractivity contribution in [3.8, 4) is 11.5 Å². The van der Waals surface area contributed by atoms with Crippen molar-refractivity contribution in [1.82, 2.24) is 0 Å². The largest absolute Gasteiger partial charge is 0.457 e. The van der Waals surface area contributed by atoms with Gasteiger partial charge in [-0.15, -0.1) is 0 Å². The summed E-state index contributed by atoms with van der Waals surface area (Å²) in [5.41, 5.74) is 0.717. The zero-order valence-electron chi connectivity index (χ0n) is 13.9. The summed E-state index contributed by atoms with van der Waals surface area (Å²) in [4.78, 5) is 13.1. The SMILES string of the molecule is CC1(C(=O)OC[n+]2ccccc2)c2ccccc2Oc2ccccc21. The second kappa shape index (κ2) is 6.06. The standard InChI is InChI=1S/C21H18NO3/c1-21(20(23)24-15-22-13-7-2-8-14-22)16-9-3-5-11-18(16)25-19-12-6-4-10-17(19)21/h2-14H,15H2,1H3/q+1. The Kier molecular flexibility index (Phi) is 3.73. The normalized spacial score (nSPS) is 14.0. The third-order valence-electron chi connectivity index (χ3n) is 4.60. The van der Waals surface area contributed by atoms with Gasteiger partial charge in [-0.05, 0) is 19.1 Å². The number of para-hydroxylation sites is 2. The summed E-state index contributed by atoms with van der Waals surface area (Å²) < 4.78 is 13.4. The van der Waals surface area contributed by atoms with Crippen LogP contribution >= 0.6 is 0 Å². The minimum atomic E-state index is -0.916. The average Bonchev–Trinajstić information content (AvgIpc) is 2.67. The molecule has 3 aromatic rings. The Labute approximate surface area is 146 Å². The van der Waals surface area contributed by atoms with Crippen molar-refractivity contribution in [3.05, 3.63) is 90.3 Å². The number of fused-ring (bicyclic) bond motifs is 2. The van der Waals surface area contributed by atoms with Crippen molar-refractivity contribution in [2.75, 3.05) is 0 Å². The minimum absolute atomic E-state index is 0.167. The lowest BCUT2D eigenvalue weighted by molar-refractivity contribution is -0.727. The smallest absolute Gasteiger partial charge is 0.325 e. The fraction of sp³-hybridized carbons (Fsp3) is 0.143. The molecule has 0 amide bonds. The summed E-state index contributed by atoms with van der Waals surface area (Å²) in [7, 11) is 0. The molecule has 0 atom stereocenters. The highest BCUT2D eigenvalue weighted by Crippen LogP contribution is 2.48. The number of carbonyl (C=O) groups excluding carboxylic acids is 1. The molecule has 0 radical (unpaired) electrons. The van der Waals surface area contributed by atoms with E-state index >= 15 is 0 Å². The third kappa shape index (κ3) is 2.56. The van der Waals surface area contributed by atoms with E-state index in [9.17, 15) is 4.79 Å². The minimum Gasteiger partial charge on any atom is -0.457 e. The Morgan fingerprint density at radius 2 is 1.48 bits per heavy atom. The molecule has 4 rings (SSSR count). The van der Waals surface area contributed by atoms with Gasteiger partial charge in [0.2, 0.25) is 0 Å². The second-order valence-electron chi connectivity index (χ2n) is 6.17. The number of benzene rings is 2. The number of ether oxygens (including phenoxy) is 2. The van der Waals surface area contributed by atoms with Gasteiger partial charge in [0.25, 0.3) is 6.73 Å². The van der Waals surface area contributed by atoms with Crippen molar-refractivity contribution in [2.45, 2.75) is 19.1 Å². The van der Waals surface area contributed by atoms with Gasteiger partial charge in [0.05, 0.1) is 0 Å². The van der Waals surface area contributed by atoms with E-state index in [2.05, 4.69) is 0 Å². The summed E-state index contributed by atoms with van der Waals surface area (Å²) >= 11 is 0. The first-order valence-electron chi connectivity index (χ1n) is 8.18. The molecule has 1 aliphatic rings. The molecule has 4 heteroatoms. The third-order valence-corrected chi connectivity index (χ3v) is 4.60. The number of hydrogen-bond donors (Lipinski definition) is 0. The van der Waals surface area contributed by atoms with Crippen LogP contribution in [0.5, 0.6) is 11.5 Å². The van der Waals surface area contributed by atoms with Crippen molar-refractivity contribution in [3.63, 3.8) is 0 Å². The van der Waals surface area contributed by atoms with Crippen LogP contribution in [0, 0.1) is 0 Å². The number of pyridine rings is 1. The number of nitrogens with zero attached hydrogens (tertiary/aromatic N) is 1. The van der Waals surface area contributed by atoms with Crippen LogP contribution in [0.25, 0.3) is 0 Å². The van der Waals surface area contributed by atoms with E-state index in [-0.39, 0.29) is 12.7 Å². The van der Waals surface area contributed by atoms with Gasteiger partial charge in [-0.1, -0.05) is 42.5 Å². The van der Waals surface area contributed by atoms with Crippen molar-refractivity contribution in [1.29, 1.82) is 0 Å². The van der Waals surface area contributed by atoms with Crippen LogP contribution in [-0.2, 0) is 21.7 Å². The number of esters is 1. The van der Waals surface area contributed by atoms with Crippen LogP contribution in [0.15, 0.2) is 79.1 Å². The highest BCUT2D eigenvalue weighted by Gasteiger charge is 2.46. The van der Waals surface area contributed by atoms with Gasteiger partial charge < -0.3 is 9.47 Å². The molecule has 0 fully saturated rings. The van der Waals surface area contributed by atoms with Crippen molar-refractivity contribution < 1.29 is 18.8 Å². The Morgan fingerprint density at radius 3 is 2.08 bits per heavy atom. The molecule has 1 aliphatic heterocycles. The number of aromatic nitrogens is 1. The molecular weight excluding hydrogens is 314 g/mol. The van der Waals surface area contributed by atoms with Crippen LogP contribution in [-0.4, -0.2) is 5.97 Å². The maximum atomic E-state index is 13.1. The lowest BCUT2D eigenvalue weighted by Crippen LogP contribution is -2.42. The van der Waals surface area contributed by atoms with Gasteiger partial charge in [0.1, 0.15) is 16.9 Å². The van der Waals surface area contributed by atoms with Gasteiger partial charge >= 0.3 is 5.97 Å². The first-order valence-corrected chi connectivity index (χ1v) is 8.18. The van der Waals surface area contributed by atoms with E-state index in [1.54, 1.807) is 0 Å². The number of carbonyl (C=O) groups is 1. The maximum absolute atomic E-state index is 13.1. The van der Waals surface area contributed by atoms with E-state index in [1.807, 2.05) is 90.6 Å². The molecule has 0 saturated heterocycles. The fourth-order valence-electron chi connectivity index (χ4n) is 3.22. The summed E-state index contributed by atoms with van der Waals surface area (Å²) in [6, 6.07) is 20.9. The summed E-state index contributed by atoms with van der Waals surface area (Å²) in [6.07, 6.45) is 3.73. The predicted octanol–water partition coefficient (Wildman–Crippen LogP) is 3.59. The van der Waals surface area contributed by atoms with E-state index in [4.69, 9.17) is 9.47 Å². The van der Waals surface area contributed by atoms with Crippen LogP contribution < -0.4 is 9.30 Å². The molecule has 2 aromatic carbocycles. The molecule has 0 bridgehead atoms. The molecule has 0 saturated carbocycles. The van der Waals surface area contributed by atoms with Gasteiger partial charge in [-0.25, -0.2) is 0 Å². The first-order chi connectivity index (χ1) is 12.2. The lowest BCUT2D eigenvalue weighted by Gasteiger charge is -2.34. The second-order valence-corrected chi connectivity index (χ2v) is 6.17. The lowest BCUT2D eigenvalue weighted by atomic mass is 9.74. The highest BCUT2D eigenvalue weighted by atomic mass is 16.5. The topological polar surface area (TPSA) is 39.4 Å². The first kappa shape index (κ1) is 15.4. The van der Waals surface area contributed by atoms with Gasteiger partial charge in [-0.2, -0.15) is 4.57 Å².